The van der Waals surface area contributed by atoms with Gasteiger partial charge in [0.05, 0.1) is 12.0 Å². The lowest BCUT2D eigenvalue weighted by molar-refractivity contribution is 0.0955. The molecule has 5 N–H and O–H groups in total. The zero-order chi connectivity index (χ0) is 18.0. The second-order valence-corrected chi connectivity index (χ2v) is 7.18. The van der Waals surface area contributed by atoms with Crippen LogP contribution in [0.2, 0.25) is 0 Å². The van der Waals surface area contributed by atoms with Gasteiger partial charge in [-0.05, 0) is 23.1 Å². The SMILES string of the molecule is COc1c(C(=O)NCCN)sc2cccc(-c3ccsc3C(N)=O)c12.Cl. The Morgan fingerprint density at radius 2 is 1.96 bits per heavy atom. The predicted octanol–water partition coefficient (Wildman–Crippen LogP) is 2.85. The fourth-order valence-corrected chi connectivity index (χ4v) is 4.54. The van der Waals surface area contributed by atoms with Gasteiger partial charge in [-0.3, -0.25) is 9.59 Å². The number of benzene rings is 1. The first kappa shape index (κ1) is 20.2. The number of hydrogen-bond acceptors (Lipinski definition) is 6. The van der Waals surface area contributed by atoms with Crippen LogP contribution in [0.1, 0.15) is 19.3 Å². The molecule has 0 aliphatic rings. The number of hydrogen-bond donors (Lipinski definition) is 3. The maximum Gasteiger partial charge on any atom is 0.265 e. The molecule has 138 valence electrons. The second kappa shape index (κ2) is 8.50. The summed E-state index contributed by atoms with van der Waals surface area (Å²) >= 11 is 2.64. The lowest BCUT2D eigenvalue weighted by Gasteiger charge is -2.08. The summed E-state index contributed by atoms with van der Waals surface area (Å²) in [6, 6.07) is 7.55. The third-order valence-corrected chi connectivity index (χ3v) is 5.75. The predicted molar refractivity (Wildman–Crippen MR) is 109 cm³/mol. The molecule has 2 heterocycles. The van der Waals surface area contributed by atoms with Gasteiger partial charge in [0.25, 0.3) is 11.8 Å². The first-order valence-corrected chi connectivity index (χ1v) is 9.23. The number of nitrogens with one attached hydrogen (secondary N) is 1. The van der Waals surface area contributed by atoms with Crippen molar-refractivity contribution in [3.63, 3.8) is 0 Å². The van der Waals surface area contributed by atoms with E-state index in [1.807, 2.05) is 29.6 Å². The molecule has 6 nitrogen and oxygen atoms in total. The Hall–Kier alpha value is -2.13. The van der Waals surface area contributed by atoms with Crippen LogP contribution in [-0.4, -0.2) is 32.0 Å². The molecular weight excluding hydrogens is 394 g/mol. The molecule has 9 heteroatoms. The zero-order valence-electron chi connectivity index (χ0n) is 13.9. The molecule has 1 aromatic carbocycles. The molecule has 0 saturated carbocycles. The Balaban J connectivity index is 0.00000243. The molecule has 0 aliphatic carbocycles. The van der Waals surface area contributed by atoms with Gasteiger partial charge in [0.1, 0.15) is 4.88 Å². The summed E-state index contributed by atoms with van der Waals surface area (Å²) in [6.45, 7) is 0.751. The van der Waals surface area contributed by atoms with E-state index in [4.69, 9.17) is 16.2 Å². The number of ether oxygens (including phenoxy) is 1. The van der Waals surface area contributed by atoms with E-state index < -0.39 is 5.91 Å². The summed E-state index contributed by atoms with van der Waals surface area (Å²) in [6.07, 6.45) is 0. The van der Waals surface area contributed by atoms with Gasteiger partial charge in [-0.1, -0.05) is 12.1 Å². The summed E-state index contributed by atoms with van der Waals surface area (Å²) in [5, 5.41) is 5.38. The van der Waals surface area contributed by atoms with Crippen LogP contribution in [0.25, 0.3) is 21.2 Å². The number of halogens is 1. The molecule has 0 unspecified atom stereocenters. The Morgan fingerprint density at radius 3 is 2.62 bits per heavy atom. The van der Waals surface area contributed by atoms with Crippen LogP contribution >= 0.6 is 35.1 Å². The van der Waals surface area contributed by atoms with Crippen molar-refractivity contribution in [2.75, 3.05) is 20.2 Å². The van der Waals surface area contributed by atoms with Crippen LogP contribution in [0.3, 0.4) is 0 Å². The number of primary amides is 1. The van der Waals surface area contributed by atoms with Gasteiger partial charge in [-0.2, -0.15) is 0 Å². The summed E-state index contributed by atoms with van der Waals surface area (Å²) in [5.74, 6) is -0.209. The molecule has 26 heavy (non-hydrogen) atoms. The topological polar surface area (TPSA) is 107 Å². The maximum atomic E-state index is 12.4. The van der Waals surface area contributed by atoms with Gasteiger partial charge in [0, 0.05) is 28.7 Å². The summed E-state index contributed by atoms with van der Waals surface area (Å²) in [7, 11) is 1.53. The highest BCUT2D eigenvalue weighted by molar-refractivity contribution is 7.21. The van der Waals surface area contributed by atoms with E-state index in [9.17, 15) is 9.59 Å². The molecule has 3 aromatic rings. The Labute approximate surface area is 164 Å². The van der Waals surface area contributed by atoms with Gasteiger partial charge in [-0.25, -0.2) is 0 Å². The summed E-state index contributed by atoms with van der Waals surface area (Å²) in [5.41, 5.74) is 12.5. The molecular formula is C17H18ClN3O3S2. The Kier molecular flexibility index (Phi) is 6.60. The minimum Gasteiger partial charge on any atom is -0.494 e. The first-order chi connectivity index (χ1) is 12.1. The standard InChI is InChI=1S/C17H17N3O3S2.ClH/c1-23-13-12-9(10-5-8-24-14(10)16(19)21)3-2-4-11(12)25-15(13)17(22)20-7-6-18;/h2-5,8H,6-7,18H2,1H3,(H2,19,21)(H,20,22);1H. The average molecular weight is 412 g/mol. The molecule has 3 rings (SSSR count). The molecule has 0 bridgehead atoms. The van der Waals surface area contributed by atoms with Gasteiger partial charge in [-0.15, -0.1) is 35.1 Å². The number of thiophene rings is 2. The molecule has 2 amide bonds. The highest BCUT2D eigenvalue weighted by atomic mass is 35.5. The molecule has 0 spiro atoms. The second-order valence-electron chi connectivity index (χ2n) is 5.22. The van der Waals surface area contributed by atoms with E-state index >= 15 is 0 Å². The molecule has 0 atom stereocenters. The van der Waals surface area contributed by atoms with E-state index in [0.29, 0.717) is 28.6 Å². The third-order valence-electron chi connectivity index (χ3n) is 3.69. The van der Waals surface area contributed by atoms with E-state index in [0.717, 1.165) is 21.2 Å². The van der Waals surface area contributed by atoms with Crippen molar-refractivity contribution >= 4 is 57.0 Å². The number of amides is 2. The number of nitrogens with two attached hydrogens (primary N) is 2. The van der Waals surface area contributed by atoms with Crippen molar-refractivity contribution < 1.29 is 14.3 Å². The lowest BCUT2D eigenvalue weighted by Crippen LogP contribution is -2.28. The summed E-state index contributed by atoms with van der Waals surface area (Å²) < 4.78 is 6.44. The van der Waals surface area contributed by atoms with Crippen LogP contribution in [0.15, 0.2) is 29.6 Å². The fourth-order valence-electron chi connectivity index (χ4n) is 2.67. The van der Waals surface area contributed by atoms with Gasteiger partial charge >= 0.3 is 0 Å². The smallest absolute Gasteiger partial charge is 0.265 e. The fraction of sp³-hybridized carbons (Fsp3) is 0.176. The average Bonchev–Trinajstić information content (AvgIpc) is 3.23. The van der Waals surface area contributed by atoms with Crippen molar-refractivity contribution in [1.82, 2.24) is 5.32 Å². The van der Waals surface area contributed by atoms with Crippen LogP contribution in [-0.2, 0) is 0 Å². The number of methoxy groups -OCH3 is 1. The largest absolute Gasteiger partial charge is 0.494 e. The highest BCUT2D eigenvalue weighted by Crippen LogP contribution is 2.44. The monoisotopic (exact) mass is 411 g/mol. The minimum absolute atomic E-state index is 0. The number of carbonyl (C=O) groups excluding carboxylic acids is 2. The van der Waals surface area contributed by atoms with Crippen LogP contribution in [0.4, 0.5) is 0 Å². The van der Waals surface area contributed by atoms with Gasteiger partial charge in [0.15, 0.2) is 5.75 Å². The molecule has 0 radical (unpaired) electrons. The number of fused-ring (bicyclic) bond motifs is 1. The van der Waals surface area contributed by atoms with Crippen molar-refractivity contribution in [3.8, 4) is 16.9 Å². The quantitative estimate of drug-likeness (QED) is 0.579. The minimum atomic E-state index is -0.475. The normalized spacial score (nSPS) is 10.4. The maximum absolute atomic E-state index is 12.4. The van der Waals surface area contributed by atoms with Crippen LogP contribution in [0, 0.1) is 0 Å². The van der Waals surface area contributed by atoms with Crippen molar-refractivity contribution in [1.29, 1.82) is 0 Å². The van der Waals surface area contributed by atoms with E-state index in [-0.39, 0.29) is 18.3 Å². The third kappa shape index (κ3) is 3.54. The van der Waals surface area contributed by atoms with Gasteiger partial charge < -0.3 is 21.5 Å². The zero-order valence-corrected chi connectivity index (χ0v) is 16.4. The summed E-state index contributed by atoms with van der Waals surface area (Å²) in [4.78, 5) is 25.1. The Bertz CT molecular complexity index is 952. The van der Waals surface area contributed by atoms with Crippen molar-refractivity contribution in [3.05, 3.63) is 39.4 Å². The van der Waals surface area contributed by atoms with Crippen molar-refractivity contribution in [2.45, 2.75) is 0 Å². The van der Waals surface area contributed by atoms with Crippen molar-refractivity contribution in [2.24, 2.45) is 11.5 Å². The van der Waals surface area contributed by atoms with E-state index in [2.05, 4.69) is 5.32 Å². The van der Waals surface area contributed by atoms with Crippen LogP contribution in [0.5, 0.6) is 5.75 Å². The first-order valence-electron chi connectivity index (χ1n) is 7.54. The van der Waals surface area contributed by atoms with E-state index in [1.54, 1.807) is 0 Å². The van der Waals surface area contributed by atoms with E-state index in [1.165, 1.54) is 29.8 Å². The lowest BCUT2D eigenvalue weighted by atomic mass is 10.0. The number of carbonyl (C=O) groups is 2. The highest BCUT2D eigenvalue weighted by Gasteiger charge is 2.23. The molecule has 0 aliphatic heterocycles. The molecule has 2 aromatic heterocycles. The molecule has 0 fully saturated rings. The number of rotatable bonds is 6. The van der Waals surface area contributed by atoms with Crippen LogP contribution < -0.4 is 21.5 Å². The molecule has 0 saturated heterocycles. The Morgan fingerprint density at radius 1 is 1.19 bits per heavy atom. The van der Waals surface area contributed by atoms with Gasteiger partial charge in [0.2, 0.25) is 0 Å².